The number of anilines is 1. The van der Waals surface area contributed by atoms with Crippen LogP contribution in [-0.2, 0) is 9.59 Å². The largest absolute Gasteiger partial charge is 0.379 e. The van der Waals surface area contributed by atoms with E-state index in [-0.39, 0.29) is 25.2 Å². The molecule has 1 aromatic carbocycles. The van der Waals surface area contributed by atoms with Crippen LogP contribution in [0.1, 0.15) is 12.8 Å². The van der Waals surface area contributed by atoms with E-state index in [0.29, 0.717) is 19.0 Å². The van der Waals surface area contributed by atoms with E-state index in [2.05, 4.69) is 5.32 Å². The molecule has 2 amide bonds. The van der Waals surface area contributed by atoms with Crippen LogP contribution in [0.4, 0.5) is 14.5 Å². The fraction of sp³-hybridized carbons (Fsp3) is 0.429. The molecular weight excluding hydrogens is 296 g/mol. The SMILES string of the molecule is NC(=O)C1(O)CCCN(CC(=O)Nc2cc(F)cc(F)c2)C1. The number of benzene rings is 1. The number of primary amides is 1. The van der Waals surface area contributed by atoms with E-state index < -0.39 is 29.0 Å². The lowest BCUT2D eigenvalue weighted by molar-refractivity contribution is -0.143. The van der Waals surface area contributed by atoms with Crippen LogP contribution >= 0.6 is 0 Å². The molecule has 2 rings (SSSR count). The number of hydrogen-bond acceptors (Lipinski definition) is 4. The van der Waals surface area contributed by atoms with E-state index in [4.69, 9.17) is 5.73 Å². The number of likely N-dealkylation sites (tertiary alicyclic amines) is 1. The van der Waals surface area contributed by atoms with Gasteiger partial charge in [-0.25, -0.2) is 8.78 Å². The number of halogens is 2. The number of rotatable bonds is 4. The van der Waals surface area contributed by atoms with Gasteiger partial charge in [0.05, 0.1) is 6.54 Å². The van der Waals surface area contributed by atoms with Crippen molar-refractivity contribution in [3.63, 3.8) is 0 Å². The van der Waals surface area contributed by atoms with Gasteiger partial charge in [0.15, 0.2) is 5.60 Å². The molecule has 0 radical (unpaired) electrons. The maximum Gasteiger partial charge on any atom is 0.250 e. The molecule has 1 aromatic rings. The third kappa shape index (κ3) is 3.99. The minimum atomic E-state index is -1.65. The normalized spacial score (nSPS) is 22.3. The first-order valence-electron chi connectivity index (χ1n) is 6.79. The fourth-order valence-electron chi connectivity index (χ4n) is 2.49. The van der Waals surface area contributed by atoms with E-state index in [9.17, 15) is 23.5 Å². The van der Waals surface area contributed by atoms with E-state index in [1.165, 1.54) is 0 Å². The maximum atomic E-state index is 13.0. The topological polar surface area (TPSA) is 95.7 Å². The lowest BCUT2D eigenvalue weighted by atomic mass is 9.92. The second-order valence-corrected chi connectivity index (χ2v) is 5.42. The fourth-order valence-corrected chi connectivity index (χ4v) is 2.49. The molecule has 4 N–H and O–H groups in total. The van der Waals surface area contributed by atoms with Crippen LogP contribution < -0.4 is 11.1 Å². The van der Waals surface area contributed by atoms with Gasteiger partial charge in [0, 0.05) is 18.3 Å². The second kappa shape index (κ2) is 6.37. The smallest absolute Gasteiger partial charge is 0.250 e. The molecule has 22 heavy (non-hydrogen) atoms. The van der Waals surface area contributed by atoms with Gasteiger partial charge >= 0.3 is 0 Å². The molecule has 1 atom stereocenters. The quantitative estimate of drug-likeness (QED) is 0.741. The number of nitrogens with one attached hydrogen (secondary N) is 1. The Hall–Kier alpha value is -2.06. The summed E-state index contributed by atoms with van der Waals surface area (Å²) in [7, 11) is 0. The molecule has 8 heteroatoms. The third-order valence-corrected chi connectivity index (χ3v) is 3.52. The van der Waals surface area contributed by atoms with Crippen molar-refractivity contribution in [3.8, 4) is 0 Å². The van der Waals surface area contributed by atoms with Gasteiger partial charge in [-0.1, -0.05) is 0 Å². The first-order valence-corrected chi connectivity index (χ1v) is 6.79. The van der Waals surface area contributed by atoms with Crippen molar-refractivity contribution in [1.29, 1.82) is 0 Å². The molecule has 0 aliphatic carbocycles. The number of piperidine rings is 1. The Balaban J connectivity index is 1.95. The van der Waals surface area contributed by atoms with E-state index >= 15 is 0 Å². The lowest BCUT2D eigenvalue weighted by Gasteiger charge is -2.36. The summed E-state index contributed by atoms with van der Waals surface area (Å²) in [6, 6.07) is 2.70. The highest BCUT2D eigenvalue weighted by atomic mass is 19.1. The zero-order valence-corrected chi connectivity index (χ0v) is 11.8. The first kappa shape index (κ1) is 16.3. The van der Waals surface area contributed by atoms with Crippen molar-refractivity contribution in [2.45, 2.75) is 18.4 Å². The number of nitrogens with zero attached hydrogens (tertiary/aromatic N) is 1. The Kier molecular flexibility index (Phi) is 4.72. The zero-order valence-electron chi connectivity index (χ0n) is 11.8. The Morgan fingerprint density at radius 3 is 2.55 bits per heavy atom. The average molecular weight is 313 g/mol. The van der Waals surface area contributed by atoms with Gasteiger partial charge in [0.1, 0.15) is 11.6 Å². The number of hydrogen-bond donors (Lipinski definition) is 3. The van der Waals surface area contributed by atoms with Crippen LogP contribution in [-0.4, -0.2) is 47.1 Å². The number of nitrogens with two attached hydrogens (primary N) is 1. The Labute approximate surface area is 125 Å². The molecule has 6 nitrogen and oxygen atoms in total. The van der Waals surface area contributed by atoms with Crippen molar-refractivity contribution in [2.75, 3.05) is 25.0 Å². The summed E-state index contributed by atoms with van der Waals surface area (Å²) in [5.41, 5.74) is 3.51. The summed E-state index contributed by atoms with van der Waals surface area (Å²) in [4.78, 5) is 24.7. The summed E-state index contributed by atoms with van der Waals surface area (Å²) in [5, 5.41) is 12.4. The lowest BCUT2D eigenvalue weighted by Crippen LogP contribution is -2.56. The Bertz CT molecular complexity index is 576. The highest BCUT2D eigenvalue weighted by Crippen LogP contribution is 2.20. The van der Waals surface area contributed by atoms with Crippen LogP contribution in [0.25, 0.3) is 0 Å². The number of aliphatic hydroxyl groups is 1. The van der Waals surface area contributed by atoms with E-state index in [1.807, 2.05) is 0 Å². The monoisotopic (exact) mass is 313 g/mol. The highest BCUT2D eigenvalue weighted by Gasteiger charge is 2.38. The summed E-state index contributed by atoms with van der Waals surface area (Å²) in [6.45, 7) is 0.349. The predicted molar refractivity (Wildman–Crippen MR) is 74.8 cm³/mol. The van der Waals surface area contributed by atoms with Gasteiger partial charge in [0.25, 0.3) is 5.91 Å². The molecule has 0 aromatic heterocycles. The van der Waals surface area contributed by atoms with Crippen molar-refractivity contribution >= 4 is 17.5 Å². The summed E-state index contributed by atoms with van der Waals surface area (Å²) in [5.74, 6) is -2.92. The number of amides is 2. The number of carbonyl (C=O) groups excluding carboxylic acids is 2. The van der Waals surface area contributed by atoms with E-state index in [1.54, 1.807) is 4.90 Å². The van der Waals surface area contributed by atoms with Gasteiger partial charge in [-0.15, -0.1) is 0 Å². The molecular formula is C14H17F2N3O3. The zero-order chi connectivity index (χ0) is 16.3. The van der Waals surface area contributed by atoms with Crippen LogP contribution in [0.5, 0.6) is 0 Å². The molecule has 0 spiro atoms. The van der Waals surface area contributed by atoms with Crippen LogP contribution in [0, 0.1) is 11.6 Å². The molecule has 0 saturated carbocycles. The Morgan fingerprint density at radius 1 is 1.32 bits per heavy atom. The van der Waals surface area contributed by atoms with Gasteiger partial charge in [-0.3, -0.25) is 14.5 Å². The van der Waals surface area contributed by atoms with Gasteiger partial charge in [-0.05, 0) is 31.5 Å². The summed E-state index contributed by atoms with van der Waals surface area (Å²) >= 11 is 0. The second-order valence-electron chi connectivity index (χ2n) is 5.42. The minimum absolute atomic E-state index is 0.00433. The van der Waals surface area contributed by atoms with Crippen molar-refractivity contribution < 1.29 is 23.5 Å². The highest BCUT2D eigenvalue weighted by molar-refractivity contribution is 5.92. The molecule has 120 valence electrons. The molecule has 1 fully saturated rings. The molecule has 1 unspecified atom stereocenters. The summed E-state index contributed by atoms with van der Waals surface area (Å²) < 4.78 is 26.1. The molecule has 1 aliphatic rings. The summed E-state index contributed by atoms with van der Waals surface area (Å²) in [6.07, 6.45) is 0.761. The number of β-amino-alcohol motifs (C(OH)–C–C–N with tert-alkyl or cyclic N) is 1. The standard InChI is InChI=1S/C14H17F2N3O3/c15-9-4-10(16)6-11(5-9)18-12(20)7-19-3-1-2-14(22,8-19)13(17)21/h4-6,22H,1-3,7-8H2,(H2,17,21)(H,18,20). The van der Waals surface area contributed by atoms with Crippen LogP contribution in [0.3, 0.4) is 0 Å². The van der Waals surface area contributed by atoms with Gasteiger partial charge < -0.3 is 16.2 Å². The van der Waals surface area contributed by atoms with Crippen LogP contribution in [0.2, 0.25) is 0 Å². The molecule has 1 aliphatic heterocycles. The van der Waals surface area contributed by atoms with Crippen LogP contribution in [0.15, 0.2) is 18.2 Å². The number of carbonyl (C=O) groups is 2. The molecule has 0 bridgehead atoms. The average Bonchev–Trinajstić information content (AvgIpc) is 2.36. The third-order valence-electron chi connectivity index (χ3n) is 3.52. The Morgan fingerprint density at radius 2 is 1.95 bits per heavy atom. The van der Waals surface area contributed by atoms with Crippen molar-refractivity contribution in [3.05, 3.63) is 29.8 Å². The molecule has 1 saturated heterocycles. The minimum Gasteiger partial charge on any atom is -0.379 e. The predicted octanol–water partition coefficient (Wildman–Crippen LogP) is 0.215. The van der Waals surface area contributed by atoms with E-state index in [0.717, 1.165) is 12.1 Å². The van der Waals surface area contributed by atoms with Gasteiger partial charge in [-0.2, -0.15) is 0 Å². The first-order chi connectivity index (χ1) is 10.3. The van der Waals surface area contributed by atoms with Crippen molar-refractivity contribution in [2.24, 2.45) is 5.73 Å². The van der Waals surface area contributed by atoms with Crippen molar-refractivity contribution in [1.82, 2.24) is 4.90 Å². The van der Waals surface area contributed by atoms with Gasteiger partial charge in [0.2, 0.25) is 5.91 Å². The molecule has 1 heterocycles. The maximum absolute atomic E-state index is 13.0.